The molecule has 0 N–H and O–H groups in total. The summed E-state index contributed by atoms with van der Waals surface area (Å²) < 4.78 is 0. The standard InChI is InChI=1S/C25H38/c1-5-11-23(12-6-2)24-16-15-20(4)25(18-17-24)22(7-3)19-21-13-9-8-10-14-21/h7,15-18,21,23H,4-6,8-14,19H2,1-3H3/b22-7-. The zero-order chi connectivity index (χ0) is 18.1. The first-order chi connectivity index (χ1) is 12.2. The molecule has 1 fully saturated rings. The fraction of sp³-hybridized carbons (Fsp3) is 0.600. The number of allylic oxidation sites excluding steroid dienone is 9. The molecule has 2 aliphatic rings. The Morgan fingerprint density at radius 2 is 1.76 bits per heavy atom. The van der Waals surface area contributed by atoms with Crippen LogP contribution in [0.5, 0.6) is 0 Å². The second kappa shape index (κ2) is 10.6. The zero-order valence-electron chi connectivity index (χ0n) is 16.8. The Morgan fingerprint density at radius 3 is 2.36 bits per heavy atom. The highest BCUT2D eigenvalue weighted by molar-refractivity contribution is 5.55. The van der Waals surface area contributed by atoms with Crippen molar-refractivity contribution in [1.82, 2.24) is 0 Å². The molecule has 1 saturated carbocycles. The van der Waals surface area contributed by atoms with Gasteiger partial charge in [0.05, 0.1) is 0 Å². The van der Waals surface area contributed by atoms with Crippen LogP contribution in [-0.2, 0) is 0 Å². The second-order valence-electron chi connectivity index (χ2n) is 7.90. The Balaban J connectivity index is 2.17. The molecular weight excluding hydrogens is 300 g/mol. The minimum absolute atomic E-state index is 0.696. The molecule has 0 bridgehead atoms. The summed E-state index contributed by atoms with van der Waals surface area (Å²) in [6.07, 6.45) is 25.1. The summed E-state index contributed by atoms with van der Waals surface area (Å²) in [5.41, 5.74) is 5.54. The van der Waals surface area contributed by atoms with Gasteiger partial charge in [-0.1, -0.05) is 95.8 Å². The predicted molar refractivity (Wildman–Crippen MR) is 113 cm³/mol. The Hall–Kier alpha value is -1.30. The molecule has 0 aromatic rings. The van der Waals surface area contributed by atoms with Crippen molar-refractivity contribution < 1.29 is 0 Å². The molecule has 2 rings (SSSR count). The summed E-state index contributed by atoms with van der Waals surface area (Å²) in [6.45, 7) is 11.2. The average molecular weight is 339 g/mol. The highest BCUT2D eigenvalue weighted by Crippen LogP contribution is 2.35. The van der Waals surface area contributed by atoms with Gasteiger partial charge in [-0.3, -0.25) is 0 Å². The molecule has 0 atom stereocenters. The molecule has 25 heavy (non-hydrogen) atoms. The first-order valence-corrected chi connectivity index (χ1v) is 10.6. The molecule has 0 heteroatoms. The van der Waals surface area contributed by atoms with Crippen molar-refractivity contribution in [2.75, 3.05) is 0 Å². The van der Waals surface area contributed by atoms with Crippen LogP contribution in [0.15, 0.2) is 59.3 Å². The monoisotopic (exact) mass is 338 g/mol. The maximum absolute atomic E-state index is 4.37. The van der Waals surface area contributed by atoms with Crippen LogP contribution in [0.1, 0.15) is 85.0 Å². The van der Waals surface area contributed by atoms with Gasteiger partial charge >= 0.3 is 0 Å². The lowest BCUT2D eigenvalue weighted by Crippen LogP contribution is -2.08. The zero-order valence-corrected chi connectivity index (χ0v) is 16.8. The third kappa shape index (κ3) is 5.87. The van der Waals surface area contributed by atoms with Crippen molar-refractivity contribution in [3.63, 3.8) is 0 Å². The van der Waals surface area contributed by atoms with Gasteiger partial charge in [0.25, 0.3) is 0 Å². The van der Waals surface area contributed by atoms with Crippen LogP contribution in [0.3, 0.4) is 0 Å². The minimum Gasteiger partial charge on any atom is -0.0911 e. The van der Waals surface area contributed by atoms with Crippen LogP contribution < -0.4 is 0 Å². The van der Waals surface area contributed by atoms with Gasteiger partial charge in [0.15, 0.2) is 0 Å². The maximum atomic E-state index is 4.37. The molecule has 0 amide bonds. The van der Waals surface area contributed by atoms with Gasteiger partial charge in [-0.2, -0.15) is 0 Å². The molecule has 0 radical (unpaired) electrons. The third-order valence-electron chi connectivity index (χ3n) is 5.94. The van der Waals surface area contributed by atoms with Crippen molar-refractivity contribution >= 4 is 0 Å². The fourth-order valence-electron chi connectivity index (χ4n) is 4.47. The third-order valence-corrected chi connectivity index (χ3v) is 5.94. The van der Waals surface area contributed by atoms with E-state index in [0.717, 1.165) is 5.92 Å². The Bertz CT molecular complexity index is 541. The van der Waals surface area contributed by atoms with Crippen LogP contribution >= 0.6 is 0 Å². The lowest BCUT2D eigenvalue weighted by atomic mass is 9.82. The summed E-state index contributed by atoms with van der Waals surface area (Å²) in [7, 11) is 0. The van der Waals surface area contributed by atoms with Gasteiger partial charge in [-0.15, -0.1) is 0 Å². The topological polar surface area (TPSA) is 0 Å². The number of rotatable bonds is 8. The van der Waals surface area contributed by atoms with Gasteiger partial charge in [-0.25, -0.2) is 0 Å². The van der Waals surface area contributed by atoms with Crippen LogP contribution in [0.2, 0.25) is 0 Å². The quantitative estimate of drug-likeness (QED) is 0.419. The van der Waals surface area contributed by atoms with Crippen LogP contribution in [0, 0.1) is 11.8 Å². The summed E-state index contributed by atoms with van der Waals surface area (Å²) in [4.78, 5) is 0. The minimum atomic E-state index is 0.696. The number of hydrogen-bond acceptors (Lipinski definition) is 0. The Kier molecular flexibility index (Phi) is 8.52. The fourth-order valence-corrected chi connectivity index (χ4v) is 4.47. The molecular formula is C25H38. The van der Waals surface area contributed by atoms with Gasteiger partial charge in [0.2, 0.25) is 0 Å². The molecule has 0 unspecified atom stereocenters. The lowest BCUT2D eigenvalue weighted by Gasteiger charge is -2.24. The van der Waals surface area contributed by atoms with E-state index >= 15 is 0 Å². The van der Waals surface area contributed by atoms with Crippen LogP contribution in [0.25, 0.3) is 0 Å². The van der Waals surface area contributed by atoms with Gasteiger partial charge < -0.3 is 0 Å². The summed E-state index contributed by atoms with van der Waals surface area (Å²) >= 11 is 0. The van der Waals surface area contributed by atoms with Gasteiger partial charge in [0, 0.05) is 0 Å². The van der Waals surface area contributed by atoms with Gasteiger partial charge in [0.1, 0.15) is 0 Å². The first-order valence-electron chi connectivity index (χ1n) is 10.6. The molecule has 0 heterocycles. The molecule has 138 valence electrons. The Morgan fingerprint density at radius 1 is 1.08 bits per heavy atom. The predicted octanol–water partition coefficient (Wildman–Crippen LogP) is 8.10. The van der Waals surface area contributed by atoms with Gasteiger partial charge in [-0.05, 0) is 60.3 Å². The van der Waals surface area contributed by atoms with E-state index in [9.17, 15) is 0 Å². The molecule has 0 spiro atoms. The van der Waals surface area contributed by atoms with E-state index in [0.29, 0.717) is 5.92 Å². The highest BCUT2D eigenvalue weighted by atomic mass is 14.2. The number of hydrogen-bond donors (Lipinski definition) is 0. The molecule has 0 nitrogen and oxygen atoms in total. The molecule has 0 aromatic heterocycles. The molecule has 2 aliphatic carbocycles. The largest absolute Gasteiger partial charge is 0.0911 e. The summed E-state index contributed by atoms with van der Waals surface area (Å²) in [6, 6.07) is 0. The smallest absolute Gasteiger partial charge is 0.0161 e. The van der Waals surface area contributed by atoms with Crippen molar-refractivity contribution in [3.05, 3.63) is 59.3 Å². The van der Waals surface area contributed by atoms with Crippen LogP contribution in [0.4, 0.5) is 0 Å². The average Bonchev–Trinajstić information content (AvgIpc) is 2.82. The molecule has 0 aliphatic heterocycles. The maximum Gasteiger partial charge on any atom is -0.0161 e. The molecule has 0 aromatic carbocycles. The summed E-state index contributed by atoms with van der Waals surface area (Å²) in [5.74, 6) is 1.57. The van der Waals surface area contributed by atoms with E-state index in [-0.39, 0.29) is 0 Å². The van der Waals surface area contributed by atoms with Crippen molar-refractivity contribution in [3.8, 4) is 0 Å². The lowest BCUT2D eigenvalue weighted by molar-refractivity contribution is 0.357. The SMILES string of the molecule is C=C1C=CC(C(CCC)CCC)=CC=C1/C(=C\C)CC1CCCCC1. The van der Waals surface area contributed by atoms with Crippen molar-refractivity contribution in [1.29, 1.82) is 0 Å². The van der Waals surface area contributed by atoms with E-state index in [2.05, 4.69) is 57.7 Å². The van der Waals surface area contributed by atoms with E-state index in [4.69, 9.17) is 0 Å². The second-order valence-corrected chi connectivity index (χ2v) is 7.90. The highest BCUT2D eigenvalue weighted by Gasteiger charge is 2.18. The van der Waals surface area contributed by atoms with E-state index < -0.39 is 0 Å². The van der Waals surface area contributed by atoms with E-state index in [1.54, 1.807) is 0 Å². The Labute approximate surface area is 156 Å². The first kappa shape index (κ1) is 20.0. The summed E-state index contributed by atoms with van der Waals surface area (Å²) in [5, 5.41) is 0. The van der Waals surface area contributed by atoms with E-state index in [1.165, 1.54) is 86.5 Å². The van der Waals surface area contributed by atoms with E-state index in [1.807, 2.05) is 0 Å². The molecule has 0 saturated heterocycles. The normalized spacial score (nSPS) is 19.8. The van der Waals surface area contributed by atoms with Crippen molar-refractivity contribution in [2.24, 2.45) is 11.8 Å². The van der Waals surface area contributed by atoms with Crippen molar-refractivity contribution in [2.45, 2.75) is 85.0 Å². The van der Waals surface area contributed by atoms with Crippen LogP contribution in [-0.4, -0.2) is 0 Å².